The van der Waals surface area contributed by atoms with E-state index in [1.807, 2.05) is 24.3 Å². The number of hydrogen-bond donors (Lipinski definition) is 1. The topological polar surface area (TPSA) is 59.9 Å². The molecule has 2 aromatic rings. The number of nitrogens with zero attached hydrogens (tertiary/aromatic N) is 1. The summed E-state index contributed by atoms with van der Waals surface area (Å²) in [6.45, 7) is 0. The highest BCUT2D eigenvalue weighted by atomic mass is 35.5. The van der Waals surface area contributed by atoms with Gasteiger partial charge in [0.1, 0.15) is 23.0 Å². The average Bonchev–Trinajstić information content (AvgIpc) is 3.00. The molecule has 26 heavy (non-hydrogen) atoms. The predicted molar refractivity (Wildman–Crippen MR) is 103 cm³/mol. The van der Waals surface area contributed by atoms with Gasteiger partial charge in [-0.1, -0.05) is 29.8 Å². The van der Waals surface area contributed by atoms with Gasteiger partial charge in [0, 0.05) is 17.0 Å². The number of carbonyl (C=O) groups excluding carboxylic acids is 1. The van der Waals surface area contributed by atoms with Crippen molar-refractivity contribution >= 4 is 29.4 Å². The number of nitrogens with one attached hydrogen (secondary N) is 1. The van der Waals surface area contributed by atoms with Crippen molar-refractivity contribution in [2.75, 3.05) is 14.2 Å². The third kappa shape index (κ3) is 4.06. The SMILES string of the molecule is COc1ccc(OC)c(/C=C2\N=C(CCc3ccccc3Cl)NC2=O)c1. The van der Waals surface area contributed by atoms with Gasteiger partial charge in [-0.15, -0.1) is 0 Å². The summed E-state index contributed by atoms with van der Waals surface area (Å²) in [6.07, 6.45) is 3.00. The minimum absolute atomic E-state index is 0.232. The molecule has 0 aliphatic carbocycles. The van der Waals surface area contributed by atoms with Crippen molar-refractivity contribution in [1.29, 1.82) is 0 Å². The summed E-state index contributed by atoms with van der Waals surface area (Å²) in [5.41, 5.74) is 2.09. The highest BCUT2D eigenvalue weighted by molar-refractivity contribution is 6.31. The number of benzene rings is 2. The molecule has 1 aliphatic rings. The van der Waals surface area contributed by atoms with E-state index in [1.165, 1.54) is 0 Å². The first-order valence-corrected chi connectivity index (χ1v) is 8.54. The molecule has 0 bridgehead atoms. The Hall–Kier alpha value is -2.79. The Balaban J connectivity index is 1.79. The van der Waals surface area contributed by atoms with Gasteiger partial charge >= 0.3 is 0 Å². The normalized spacial score (nSPS) is 15.0. The average molecular weight is 371 g/mol. The van der Waals surface area contributed by atoms with E-state index in [-0.39, 0.29) is 5.91 Å². The van der Waals surface area contributed by atoms with E-state index in [0.29, 0.717) is 40.9 Å². The summed E-state index contributed by atoms with van der Waals surface area (Å²) in [7, 11) is 3.17. The predicted octanol–water partition coefficient (Wildman–Crippen LogP) is 3.86. The Labute approximate surface area is 157 Å². The molecule has 1 N–H and O–H groups in total. The number of halogens is 1. The molecule has 1 heterocycles. The summed E-state index contributed by atoms with van der Waals surface area (Å²) >= 11 is 6.17. The third-order valence-electron chi connectivity index (χ3n) is 4.06. The lowest BCUT2D eigenvalue weighted by Crippen LogP contribution is -2.24. The number of carbonyl (C=O) groups is 1. The number of ether oxygens (including phenoxy) is 2. The molecule has 0 unspecified atom stereocenters. The molecule has 0 radical (unpaired) electrons. The van der Waals surface area contributed by atoms with Crippen LogP contribution < -0.4 is 14.8 Å². The lowest BCUT2D eigenvalue weighted by atomic mass is 10.1. The standard InChI is InChI=1S/C20H19ClN2O3/c1-25-15-8-9-18(26-2)14(11-15)12-17-20(24)23-19(22-17)10-7-13-5-3-4-6-16(13)21/h3-6,8-9,11-12H,7,10H2,1-2H3,(H,22,23,24)/b17-12-. The lowest BCUT2D eigenvalue weighted by molar-refractivity contribution is -0.115. The van der Waals surface area contributed by atoms with Crippen molar-refractivity contribution in [2.45, 2.75) is 12.8 Å². The van der Waals surface area contributed by atoms with Crippen molar-refractivity contribution in [1.82, 2.24) is 5.32 Å². The molecule has 1 aliphatic heterocycles. The smallest absolute Gasteiger partial charge is 0.275 e. The molecule has 0 spiro atoms. The number of aliphatic imine (C=N–C) groups is 1. The highest BCUT2D eigenvalue weighted by Gasteiger charge is 2.20. The number of amides is 1. The second kappa shape index (κ2) is 8.06. The van der Waals surface area contributed by atoms with Crippen LogP contribution in [0, 0.1) is 0 Å². The van der Waals surface area contributed by atoms with Crippen LogP contribution in [0.5, 0.6) is 11.5 Å². The maximum atomic E-state index is 12.2. The summed E-state index contributed by atoms with van der Waals surface area (Å²) in [6, 6.07) is 13.0. The molecule has 0 fully saturated rings. The van der Waals surface area contributed by atoms with Gasteiger partial charge in [0.2, 0.25) is 0 Å². The van der Waals surface area contributed by atoms with Gasteiger partial charge in [0.25, 0.3) is 5.91 Å². The van der Waals surface area contributed by atoms with Crippen molar-refractivity contribution in [3.05, 3.63) is 64.3 Å². The molecule has 2 aromatic carbocycles. The largest absolute Gasteiger partial charge is 0.497 e. The van der Waals surface area contributed by atoms with Crippen LogP contribution in [0.3, 0.4) is 0 Å². The zero-order valence-electron chi connectivity index (χ0n) is 14.6. The van der Waals surface area contributed by atoms with Crippen LogP contribution in [0.4, 0.5) is 0 Å². The second-order valence-corrected chi connectivity index (χ2v) is 6.15. The number of rotatable bonds is 6. The van der Waals surface area contributed by atoms with Gasteiger partial charge in [-0.05, 0) is 42.3 Å². The van der Waals surface area contributed by atoms with Crippen molar-refractivity contribution < 1.29 is 14.3 Å². The first kappa shape index (κ1) is 18.0. The lowest BCUT2D eigenvalue weighted by Gasteiger charge is -2.07. The van der Waals surface area contributed by atoms with Gasteiger partial charge in [0.15, 0.2) is 0 Å². The molecular formula is C20H19ClN2O3. The summed E-state index contributed by atoms with van der Waals surface area (Å²) in [5, 5.41) is 3.52. The quantitative estimate of drug-likeness (QED) is 0.785. The first-order valence-electron chi connectivity index (χ1n) is 8.16. The van der Waals surface area contributed by atoms with Crippen LogP contribution in [-0.2, 0) is 11.2 Å². The maximum Gasteiger partial charge on any atom is 0.275 e. The van der Waals surface area contributed by atoms with Crippen LogP contribution in [0.2, 0.25) is 5.02 Å². The fourth-order valence-corrected chi connectivity index (χ4v) is 2.92. The van der Waals surface area contributed by atoms with Crippen LogP contribution in [0.25, 0.3) is 6.08 Å². The van der Waals surface area contributed by atoms with Gasteiger partial charge < -0.3 is 14.8 Å². The molecule has 3 rings (SSSR count). The molecule has 0 saturated heterocycles. The molecule has 134 valence electrons. The Bertz CT molecular complexity index is 890. The van der Waals surface area contributed by atoms with Gasteiger partial charge in [0.05, 0.1) is 14.2 Å². The van der Waals surface area contributed by atoms with E-state index in [1.54, 1.807) is 38.5 Å². The second-order valence-electron chi connectivity index (χ2n) is 5.74. The zero-order valence-corrected chi connectivity index (χ0v) is 15.3. The van der Waals surface area contributed by atoms with E-state index >= 15 is 0 Å². The Kier molecular flexibility index (Phi) is 5.58. The summed E-state index contributed by atoms with van der Waals surface area (Å²) in [4.78, 5) is 16.6. The molecule has 5 nitrogen and oxygen atoms in total. The molecule has 0 saturated carbocycles. The van der Waals surface area contributed by atoms with Gasteiger partial charge in [-0.2, -0.15) is 0 Å². The minimum atomic E-state index is -0.232. The van der Waals surface area contributed by atoms with E-state index in [4.69, 9.17) is 21.1 Å². The number of amidine groups is 1. The van der Waals surface area contributed by atoms with E-state index < -0.39 is 0 Å². The van der Waals surface area contributed by atoms with Gasteiger partial charge in [-0.3, -0.25) is 4.79 Å². The first-order chi connectivity index (χ1) is 12.6. The highest BCUT2D eigenvalue weighted by Crippen LogP contribution is 2.27. The van der Waals surface area contributed by atoms with E-state index in [0.717, 1.165) is 11.1 Å². The van der Waals surface area contributed by atoms with Crippen LogP contribution in [-0.4, -0.2) is 26.0 Å². The van der Waals surface area contributed by atoms with Gasteiger partial charge in [-0.25, -0.2) is 4.99 Å². The fraction of sp³-hybridized carbons (Fsp3) is 0.200. The van der Waals surface area contributed by atoms with Crippen molar-refractivity contribution in [3.63, 3.8) is 0 Å². The Morgan fingerprint density at radius 2 is 1.92 bits per heavy atom. The number of hydrogen-bond acceptors (Lipinski definition) is 4. The van der Waals surface area contributed by atoms with Crippen LogP contribution in [0.1, 0.15) is 17.5 Å². The molecule has 6 heteroatoms. The van der Waals surface area contributed by atoms with Crippen molar-refractivity contribution in [3.8, 4) is 11.5 Å². The third-order valence-corrected chi connectivity index (χ3v) is 4.43. The summed E-state index contributed by atoms with van der Waals surface area (Å²) < 4.78 is 10.6. The van der Waals surface area contributed by atoms with E-state index in [2.05, 4.69) is 10.3 Å². The summed E-state index contributed by atoms with van der Waals surface area (Å²) in [5.74, 6) is 1.72. The monoisotopic (exact) mass is 370 g/mol. The zero-order chi connectivity index (χ0) is 18.5. The van der Waals surface area contributed by atoms with Crippen molar-refractivity contribution in [2.24, 2.45) is 4.99 Å². The maximum absolute atomic E-state index is 12.2. The fourth-order valence-electron chi connectivity index (χ4n) is 2.69. The molecule has 0 atom stereocenters. The Morgan fingerprint density at radius 3 is 2.65 bits per heavy atom. The van der Waals surface area contributed by atoms with Crippen LogP contribution in [0.15, 0.2) is 53.2 Å². The van der Waals surface area contributed by atoms with Crippen LogP contribution >= 0.6 is 11.6 Å². The number of aryl methyl sites for hydroxylation is 1. The molecular weight excluding hydrogens is 352 g/mol. The van der Waals surface area contributed by atoms with E-state index in [9.17, 15) is 4.79 Å². The number of methoxy groups -OCH3 is 2. The minimum Gasteiger partial charge on any atom is -0.497 e. The molecule has 1 amide bonds. The molecule has 0 aromatic heterocycles. The Morgan fingerprint density at radius 1 is 1.12 bits per heavy atom.